The van der Waals surface area contributed by atoms with E-state index in [1.165, 1.54) is 28.7 Å². The van der Waals surface area contributed by atoms with Gasteiger partial charge < -0.3 is 10.2 Å². The van der Waals surface area contributed by atoms with E-state index in [0.29, 0.717) is 5.75 Å². The van der Waals surface area contributed by atoms with Crippen molar-refractivity contribution >= 4 is 39.8 Å². The predicted octanol–water partition coefficient (Wildman–Crippen LogP) is 4.03. The summed E-state index contributed by atoms with van der Waals surface area (Å²) in [4.78, 5) is 17.0. The number of benzene rings is 2. The first-order valence-electron chi connectivity index (χ1n) is 10.0. The lowest BCUT2D eigenvalue weighted by atomic mass is 10.2. The number of hydrogen-bond donors (Lipinski definition) is 1. The summed E-state index contributed by atoms with van der Waals surface area (Å²) < 4.78 is 0.808. The highest BCUT2D eigenvalue weighted by Gasteiger charge is 2.21. The minimum Gasteiger partial charge on any atom is -0.339 e. The van der Waals surface area contributed by atoms with Crippen LogP contribution >= 0.6 is 23.1 Å². The van der Waals surface area contributed by atoms with Crippen molar-refractivity contribution in [1.29, 1.82) is 0 Å². The lowest BCUT2D eigenvalue weighted by molar-refractivity contribution is -0.130. The molecule has 0 saturated carbocycles. The first-order chi connectivity index (χ1) is 14.7. The number of para-hydroxylation sites is 1. The van der Waals surface area contributed by atoms with Gasteiger partial charge in [-0.25, -0.2) is 0 Å². The SMILES string of the molecule is Cc1ccccc1Nc1nnc(SCC(=O)N2CCN(Cc3ccccc3)CC2)s1. The van der Waals surface area contributed by atoms with Gasteiger partial charge in [0.1, 0.15) is 0 Å². The van der Waals surface area contributed by atoms with Crippen molar-refractivity contribution in [2.24, 2.45) is 0 Å². The second-order valence-electron chi connectivity index (χ2n) is 7.24. The lowest BCUT2D eigenvalue weighted by Crippen LogP contribution is -2.48. The third-order valence-corrected chi connectivity index (χ3v) is 7.04. The minimum absolute atomic E-state index is 0.169. The predicted molar refractivity (Wildman–Crippen MR) is 123 cm³/mol. The second-order valence-corrected chi connectivity index (χ2v) is 9.44. The van der Waals surface area contributed by atoms with Gasteiger partial charge in [0.15, 0.2) is 4.34 Å². The maximum absolute atomic E-state index is 12.6. The van der Waals surface area contributed by atoms with Crippen LogP contribution < -0.4 is 5.32 Å². The Morgan fingerprint density at radius 2 is 1.77 bits per heavy atom. The Kier molecular flexibility index (Phi) is 6.99. The Morgan fingerprint density at radius 3 is 2.53 bits per heavy atom. The fourth-order valence-electron chi connectivity index (χ4n) is 3.36. The number of rotatable bonds is 7. The van der Waals surface area contributed by atoms with Crippen molar-refractivity contribution in [2.75, 3.05) is 37.2 Å². The zero-order valence-corrected chi connectivity index (χ0v) is 18.6. The molecule has 0 spiro atoms. The number of aryl methyl sites for hydroxylation is 1. The van der Waals surface area contributed by atoms with Gasteiger partial charge in [-0.3, -0.25) is 9.69 Å². The van der Waals surface area contributed by atoms with E-state index in [1.54, 1.807) is 0 Å². The molecule has 1 fully saturated rings. The minimum atomic E-state index is 0.169. The number of hydrogen-bond acceptors (Lipinski definition) is 7. The number of aromatic nitrogens is 2. The molecule has 6 nitrogen and oxygen atoms in total. The van der Waals surface area contributed by atoms with Gasteiger partial charge in [-0.1, -0.05) is 71.6 Å². The molecule has 2 heterocycles. The van der Waals surface area contributed by atoms with E-state index in [2.05, 4.69) is 57.7 Å². The smallest absolute Gasteiger partial charge is 0.233 e. The summed E-state index contributed by atoms with van der Waals surface area (Å²) >= 11 is 2.94. The van der Waals surface area contributed by atoms with E-state index in [0.717, 1.165) is 53.4 Å². The van der Waals surface area contributed by atoms with E-state index < -0.39 is 0 Å². The van der Waals surface area contributed by atoms with Gasteiger partial charge in [-0.15, -0.1) is 10.2 Å². The molecule has 30 heavy (non-hydrogen) atoms. The first kappa shape index (κ1) is 20.8. The molecule has 1 saturated heterocycles. The zero-order chi connectivity index (χ0) is 20.8. The molecule has 1 N–H and O–H groups in total. The number of nitrogens with one attached hydrogen (secondary N) is 1. The van der Waals surface area contributed by atoms with Crippen molar-refractivity contribution in [3.63, 3.8) is 0 Å². The molecule has 0 aliphatic carbocycles. The third-order valence-electron chi connectivity index (χ3n) is 5.09. The van der Waals surface area contributed by atoms with Crippen LogP contribution in [0, 0.1) is 6.92 Å². The molecular weight excluding hydrogens is 414 g/mol. The van der Waals surface area contributed by atoms with Gasteiger partial charge >= 0.3 is 0 Å². The van der Waals surface area contributed by atoms with Gasteiger partial charge in [0, 0.05) is 38.4 Å². The fourth-order valence-corrected chi connectivity index (χ4v) is 5.03. The highest BCUT2D eigenvalue weighted by atomic mass is 32.2. The van der Waals surface area contributed by atoms with E-state index >= 15 is 0 Å². The van der Waals surface area contributed by atoms with E-state index in [1.807, 2.05) is 29.2 Å². The first-order valence-corrected chi connectivity index (χ1v) is 11.8. The molecule has 0 bridgehead atoms. The van der Waals surface area contributed by atoms with Crippen molar-refractivity contribution in [2.45, 2.75) is 17.8 Å². The van der Waals surface area contributed by atoms with Crippen LogP contribution in [0.1, 0.15) is 11.1 Å². The number of piperazine rings is 1. The molecule has 0 radical (unpaired) electrons. The molecule has 3 aromatic rings. The van der Waals surface area contributed by atoms with Crippen LogP contribution in [0.4, 0.5) is 10.8 Å². The summed E-state index contributed by atoms with van der Waals surface area (Å²) in [6.07, 6.45) is 0. The summed E-state index contributed by atoms with van der Waals surface area (Å²) in [5, 5.41) is 12.4. The largest absolute Gasteiger partial charge is 0.339 e. The van der Waals surface area contributed by atoms with Crippen molar-refractivity contribution in [3.05, 3.63) is 65.7 Å². The molecule has 1 aliphatic rings. The molecule has 156 valence electrons. The molecule has 1 amide bonds. The fraction of sp³-hybridized carbons (Fsp3) is 0.318. The molecule has 1 aliphatic heterocycles. The summed E-state index contributed by atoms with van der Waals surface area (Å²) in [6, 6.07) is 18.6. The Labute approximate surface area is 185 Å². The lowest BCUT2D eigenvalue weighted by Gasteiger charge is -2.34. The normalized spacial score (nSPS) is 14.6. The van der Waals surface area contributed by atoms with Crippen LogP contribution in [0.2, 0.25) is 0 Å². The monoisotopic (exact) mass is 439 g/mol. The van der Waals surface area contributed by atoms with Crippen LogP contribution in [-0.4, -0.2) is 57.8 Å². The summed E-state index contributed by atoms with van der Waals surface area (Å²) in [6.45, 7) is 6.38. The number of thioether (sulfide) groups is 1. The van der Waals surface area contributed by atoms with Crippen molar-refractivity contribution < 1.29 is 4.79 Å². The van der Waals surface area contributed by atoms with Crippen molar-refractivity contribution in [3.8, 4) is 0 Å². The summed E-state index contributed by atoms with van der Waals surface area (Å²) in [7, 11) is 0. The molecule has 8 heteroatoms. The van der Waals surface area contributed by atoms with Crippen LogP contribution in [-0.2, 0) is 11.3 Å². The van der Waals surface area contributed by atoms with Crippen LogP contribution in [0.5, 0.6) is 0 Å². The quantitative estimate of drug-likeness (QED) is 0.561. The highest BCUT2D eigenvalue weighted by Crippen LogP contribution is 2.28. The van der Waals surface area contributed by atoms with E-state index in [9.17, 15) is 4.79 Å². The summed E-state index contributed by atoms with van der Waals surface area (Å²) in [5.74, 6) is 0.570. The highest BCUT2D eigenvalue weighted by molar-refractivity contribution is 8.01. The Morgan fingerprint density at radius 1 is 1.03 bits per heavy atom. The number of amides is 1. The number of anilines is 2. The number of nitrogens with zero attached hydrogens (tertiary/aromatic N) is 4. The molecule has 1 aromatic heterocycles. The van der Waals surface area contributed by atoms with E-state index in [-0.39, 0.29) is 5.91 Å². The van der Waals surface area contributed by atoms with E-state index in [4.69, 9.17) is 0 Å². The van der Waals surface area contributed by atoms with Gasteiger partial charge in [-0.05, 0) is 24.1 Å². The molecule has 0 unspecified atom stereocenters. The topological polar surface area (TPSA) is 61.4 Å². The Balaban J connectivity index is 1.22. The van der Waals surface area contributed by atoms with Crippen molar-refractivity contribution in [1.82, 2.24) is 20.0 Å². The van der Waals surface area contributed by atoms with Gasteiger partial charge in [-0.2, -0.15) is 0 Å². The maximum Gasteiger partial charge on any atom is 0.233 e. The van der Waals surface area contributed by atoms with Crippen LogP contribution in [0.25, 0.3) is 0 Å². The Bertz CT molecular complexity index is 970. The van der Waals surface area contributed by atoms with Crippen LogP contribution in [0.15, 0.2) is 58.9 Å². The number of carbonyl (C=O) groups excluding carboxylic acids is 1. The molecular formula is C22H25N5OS2. The van der Waals surface area contributed by atoms with Gasteiger partial charge in [0.2, 0.25) is 11.0 Å². The second kappa shape index (κ2) is 10.1. The number of carbonyl (C=O) groups is 1. The molecule has 2 aromatic carbocycles. The third kappa shape index (κ3) is 5.59. The standard InChI is InChI=1S/C22H25N5OS2/c1-17-7-5-6-10-19(17)23-21-24-25-22(30-21)29-16-20(28)27-13-11-26(12-14-27)15-18-8-3-2-4-9-18/h2-10H,11-16H2,1H3,(H,23,24). The molecule has 0 atom stereocenters. The maximum atomic E-state index is 12.6. The summed E-state index contributed by atoms with van der Waals surface area (Å²) in [5.41, 5.74) is 3.50. The van der Waals surface area contributed by atoms with Crippen LogP contribution in [0.3, 0.4) is 0 Å². The van der Waals surface area contributed by atoms with Gasteiger partial charge in [0.25, 0.3) is 0 Å². The average molecular weight is 440 g/mol. The van der Waals surface area contributed by atoms with Gasteiger partial charge in [0.05, 0.1) is 5.75 Å². The average Bonchev–Trinajstić information content (AvgIpc) is 3.22. The zero-order valence-electron chi connectivity index (χ0n) is 17.0. The Hall–Kier alpha value is -2.42. The molecule has 4 rings (SSSR count).